The first-order valence-corrected chi connectivity index (χ1v) is 5.73. The average molecular weight is 250 g/mol. The molecule has 18 heavy (non-hydrogen) atoms. The zero-order valence-electron chi connectivity index (χ0n) is 10.0. The number of rotatable bonds is 1. The number of nitrogens with zero attached hydrogens (tertiary/aromatic N) is 2. The monoisotopic (exact) mass is 250 g/mol. The number of carbonyl (C=O) groups excluding carboxylic acids is 2. The SMILES string of the molecule is CN1CCCCn2cc(C=O)c(=O)c(O)c2C1=O. The largest absolute Gasteiger partial charge is 0.503 e. The Balaban J connectivity index is 2.69. The lowest BCUT2D eigenvalue weighted by atomic mass is 10.1. The predicted octanol–water partition coefficient (Wildman–Crippen LogP) is 0.232. The second-order valence-corrected chi connectivity index (χ2v) is 4.36. The van der Waals surface area contributed by atoms with Crippen LogP contribution in [0.2, 0.25) is 0 Å². The van der Waals surface area contributed by atoms with E-state index >= 15 is 0 Å². The van der Waals surface area contributed by atoms with Gasteiger partial charge in [-0.05, 0) is 12.8 Å². The van der Waals surface area contributed by atoms with Gasteiger partial charge in [-0.15, -0.1) is 0 Å². The van der Waals surface area contributed by atoms with Gasteiger partial charge in [0, 0.05) is 26.3 Å². The van der Waals surface area contributed by atoms with Gasteiger partial charge in [0.05, 0.1) is 5.56 Å². The summed E-state index contributed by atoms with van der Waals surface area (Å²) in [6.45, 7) is 1.09. The van der Waals surface area contributed by atoms with Crippen LogP contribution in [0.15, 0.2) is 11.0 Å². The number of aromatic hydroxyl groups is 1. The summed E-state index contributed by atoms with van der Waals surface area (Å²) in [7, 11) is 1.62. The summed E-state index contributed by atoms with van der Waals surface area (Å²) in [5, 5.41) is 9.82. The second-order valence-electron chi connectivity index (χ2n) is 4.36. The van der Waals surface area contributed by atoms with E-state index in [-0.39, 0.29) is 11.3 Å². The maximum absolute atomic E-state index is 12.1. The summed E-state index contributed by atoms with van der Waals surface area (Å²) in [4.78, 5) is 35.9. The van der Waals surface area contributed by atoms with Gasteiger partial charge in [-0.25, -0.2) is 0 Å². The number of amides is 1. The minimum atomic E-state index is -0.793. The van der Waals surface area contributed by atoms with E-state index in [0.717, 1.165) is 12.8 Å². The molecule has 0 saturated carbocycles. The number of carbonyl (C=O) groups is 2. The Labute approximate surface area is 103 Å². The summed E-state index contributed by atoms with van der Waals surface area (Å²) in [5.74, 6) is -1.04. The highest BCUT2D eigenvalue weighted by Crippen LogP contribution is 2.18. The third kappa shape index (κ3) is 1.90. The topological polar surface area (TPSA) is 79.6 Å². The number of hydrogen-bond acceptors (Lipinski definition) is 4. The molecule has 1 aromatic heterocycles. The number of hydrogen-bond donors (Lipinski definition) is 1. The van der Waals surface area contributed by atoms with Crippen molar-refractivity contribution in [3.8, 4) is 5.75 Å². The molecule has 2 heterocycles. The molecule has 0 spiro atoms. The molecule has 0 fully saturated rings. The Morgan fingerprint density at radius 2 is 1.94 bits per heavy atom. The van der Waals surface area contributed by atoms with Gasteiger partial charge >= 0.3 is 0 Å². The molecule has 0 aliphatic carbocycles. The molecule has 0 saturated heterocycles. The quantitative estimate of drug-likeness (QED) is 0.724. The third-order valence-electron chi connectivity index (χ3n) is 3.10. The van der Waals surface area contributed by atoms with Gasteiger partial charge in [-0.3, -0.25) is 14.4 Å². The van der Waals surface area contributed by atoms with Crippen LogP contribution in [0.1, 0.15) is 33.7 Å². The Bertz CT molecular complexity index is 562. The predicted molar refractivity (Wildman–Crippen MR) is 63.9 cm³/mol. The molecule has 0 aromatic carbocycles. The lowest BCUT2D eigenvalue weighted by molar-refractivity contribution is 0.0766. The van der Waals surface area contributed by atoms with Crippen LogP contribution in [-0.2, 0) is 6.54 Å². The molecule has 6 heteroatoms. The highest BCUT2D eigenvalue weighted by Gasteiger charge is 2.24. The minimum absolute atomic E-state index is 0.0344. The van der Waals surface area contributed by atoms with Gasteiger partial charge in [0.2, 0.25) is 5.43 Å². The van der Waals surface area contributed by atoms with E-state index in [9.17, 15) is 19.5 Å². The molecule has 0 atom stereocenters. The fourth-order valence-corrected chi connectivity index (χ4v) is 2.07. The maximum Gasteiger partial charge on any atom is 0.274 e. The minimum Gasteiger partial charge on any atom is -0.503 e. The lowest BCUT2D eigenvalue weighted by Gasteiger charge is -2.24. The highest BCUT2D eigenvalue weighted by molar-refractivity contribution is 5.95. The van der Waals surface area contributed by atoms with Crippen molar-refractivity contribution >= 4 is 12.2 Å². The molecule has 1 amide bonds. The Kier molecular flexibility index (Phi) is 3.18. The van der Waals surface area contributed by atoms with Crippen molar-refractivity contribution in [1.82, 2.24) is 9.47 Å². The first kappa shape index (κ1) is 12.3. The van der Waals surface area contributed by atoms with E-state index < -0.39 is 17.1 Å². The number of aromatic nitrogens is 1. The van der Waals surface area contributed by atoms with Gasteiger partial charge in [0.25, 0.3) is 5.91 Å². The molecule has 1 aliphatic rings. The summed E-state index contributed by atoms with van der Waals surface area (Å²) in [6, 6.07) is 0. The first-order chi connectivity index (χ1) is 8.56. The molecular weight excluding hydrogens is 236 g/mol. The van der Waals surface area contributed by atoms with E-state index in [0.29, 0.717) is 19.4 Å². The van der Waals surface area contributed by atoms with E-state index in [1.807, 2.05) is 0 Å². The summed E-state index contributed by atoms with van der Waals surface area (Å²) in [5.41, 5.74) is -0.960. The average Bonchev–Trinajstić information content (AvgIpc) is 2.36. The molecule has 96 valence electrons. The van der Waals surface area contributed by atoms with Crippen LogP contribution in [0, 0.1) is 0 Å². The Morgan fingerprint density at radius 3 is 2.61 bits per heavy atom. The molecule has 1 N–H and O–H groups in total. The standard InChI is InChI=1S/C12H14N2O4/c1-13-4-2-3-5-14-6-8(7-15)10(16)11(17)9(14)12(13)18/h6-7,17H,2-5H2,1H3. The molecule has 0 bridgehead atoms. The van der Waals surface area contributed by atoms with E-state index in [2.05, 4.69) is 0 Å². The smallest absolute Gasteiger partial charge is 0.274 e. The van der Waals surface area contributed by atoms with E-state index in [1.54, 1.807) is 7.05 Å². The van der Waals surface area contributed by atoms with Crippen molar-refractivity contribution < 1.29 is 14.7 Å². The molecule has 6 nitrogen and oxygen atoms in total. The Morgan fingerprint density at radius 1 is 1.28 bits per heavy atom. The van der Waals surface area contributed by atoms with Gasteiger partial charge in [0.1, 0.15) is 0 Å². The molecular formula is C12H14N2O4. The van der Waals surface area contributed by atoms with Crippen molar-refractivity contribution in [2.75, 3.05) is 13.6 Å². The molecule has 0 radical (unpaired) electrons. The van der Waals surface area contributed by atoms with Gasteiger partial charge in [-0.2, -0.15) is 0 Å². The summed E-state index contributed by atoms with van der Waals surface area (Å²) >= 11 is 0. The van der Waals surface area contributed by atoms with Crippen molar-refractivity contribution in [3.63, 3.8) is 0 Å². The number of aldehydes is 1. The number of aryl methyl sites for hydroxylation is 1. The van der Waals surface area contributed by atoms with Crippen LogP contribution in [-0.4, -0.2) is 40.4 Å². The van der Waals surface area contributed by atoms with Crippen LogP contribution in [0.4, 0.5) is 0 Å². The highest BCUT2D eigenvalue weighted by atomic mass is 16.3. The molecule has 1 aliphatic heterocycles. The van der Waals surface area contributed by atoms with Crippen molar-refractivity contribution in [1.29, 1.82) is 0 Å². The molecule has 2 rings (SSSR count). The summed E-state index contributed by atoms with van der Waals surface area (Å²) < 4.78 is 1.48. The van der Waals surface area contributed by atoms with Crippen LogP contribution >= 0.6 is 0 Å². The van der Waals surface area contributed by atoms with Crippen molar-refractivity contribution in [2.24, 2.45) is 0 Å². The third-order valence-corrected chi connectivity index (χ3v) is 3.10. The normalized spacial score (nSPS) is 15.8. The van der Waals surface area contributed by atoms with Crippen LogP contribution in [0.25, 0.3) is 0 Å². The fraction of sp³-hybridized carbons (Fsp3) is 0.417. The number of fused-ring (bicyclic) bond motifs is 1. The zero-order valence-corrected chi connectivity index (χ0v) is 10.0. The van der Waals surface area contributed by atoms with Crippen LogP contribution in [0.5, 0.6) is 5.75 Å². The summed E-state index contributed by atoms with van der Waals surface area (Å²) in [6.07, 6.45) is 3.37. The van der Waals surface area contributed by atoms with Crippen molar-refractivity contribution in [3.05, 3.63) is 27.7 Å². The van der Waals surface area contributed by atoms with Crippen LogP contribution < -0.4 is 5.43 Å². The van der Waals surface area contributed by atoms with Crippen LogP contribution in [0.3, 0.4) is 0 Å². The van der Waals surface area contributed by atoms with E-state index in [1.165, 1.54) is 15.7 Å². The van der Waals surface area contributed by atoms with E-state index in [4.69, 9.17) is 0 Å². The van der Waals surface area contributed by atoms with Gasteiger partial charge in [-0.1, -0.05) is 0 Å². The van der Waals surface area contributed by atoms with Gasteiger partial charge < -0.3 is 14.6 Å². The zero-order chi connectivity index (χ0) is 13.3. The number of pyridine rings is 1. The maximum atomic E-state index is 12.1. The first-order valence-electron chi connectivity index (χ1n) is 5.73. The van der Waals surface area contributed by atoms with Gasteiger partial charge in [0.15, 0.2) is 17.7 Å². The molecule has 1 aromatic rings. The van der Waals surface area contributed by atoms with Crippen molar-refractivity contribution in [2.45, 2.75) is 19.4 Å². The molecule has 0 unspecified atom stereocenters. The Hall–Kier alpha value is -2.11. The fourth-order valence-electron chi connectivity index (χ4n) is 2.07. The second kappa shape index (κ2) is 4.64. The lowest BCUT2D eigenvalue weighted by Crippen LogP contribution is -2.34.